The van der Waals surface area contributed by atoms with Crippen LogP contribution >= 0.6 is 0 Å². The minimum atomic E-state index is -5.08. The second-order valence-corrected chi connectivity index (χ2v) is 8.01. The Morgan fingerprint density at radius 1 is 0.811 bits per heavy atom. The molecular weight excluding hydrogens is 485 g/mol. The number of alkyl halides is 3. The summed E-state index contributed by atoms with van der Waals surface area (Å²) in [5, 5.41) is 18.1. The second kappa shape index (κ2) is 10.9. The number of aromatic nitrogens is 4. The number of carboxylic acids is 1. The molecule has 0 spiro atoms. The normalized spacial score (nSPS) is 11.1. The van der Waals surface area contributed by atoms with E-state index in [1.54, 1.807) is 16.8 Å². The van der Waals surface area contributed by atoms with Crippen molar-refractivity contribution in [2.75, 3.05) is 0 Å². The first-order valence-electron chi connectivity index (χ1n) is 11.1. The molecule has 5 aromatic rings. The predicted octanol–water partition coefficient (Wildman–Crippen LogP) is 5.31. The van der Waals surface area contributed by atoms with Crippen LogP contribution in [0, 0.1) is 0 Å². The first-order valence-corrected chi connectivity index (χ1v) is 11.1. The Kier molecular flexibility index (Phi) is 7.47. The molecule has 0 saturated carbocycles. The fourth-order valence-corrected chi connectivity index (χ4v) is 3.61. The van der Waals surface area contributed by atoms with Gasteiger partial charge in [-0.2, -0.15) is 13.2 Å². The molecule has 2 aromatic carbocycles. The molecule has 0 radical (unpaired) electrons. The number of nitrogens with zero attached hydrogens (tertiary/aromatic N) is 4. The van der Waals surface area contributed by atoms with Crippen molar-refractivity contribution in [3.05, 3.63) is 114 Å². The summed E-state index contributed by atoms with van der Waals surface area (Å²) in [5.74, 6) is -2.61. The topological polar surface area (TPSA) is 101 Å². The van der Waals surface area contributed by atoms with Crippen LogP contribution in [0.3, 0.4) is 0 Å². The molecule has 10 heteroatoms. The lowest BCUT2D eigenvalue weighted by Gasteiger charge is -2.08. The summed E-state index contributed by atoms with van der Waals surface area (Å²) in [7, 11) is 0. The van der Waals surface area contributed by atoms with Gasteiger partial charge in [-0.05, 0) is 23.3 Å². The summed E-state index contributed by atoms with van der Waals surface area (Å²) in [6.07, 6.45) is 1.44. The van der Waals surface area contributed by atoms with E-state index in [4.69, 9.17) is 19.9 Å². The van der Waals surface area contributed by atoms with E-state index in [-0.39, 0.29) is 5.88 Å². The van der Waals surface area contributed by atoms with Crippen molar-refractivity contribution in [2.24, 2.45) is 0 Å². The van der Waals surface area contributed by atoms with E-state index in [2.05, 4.69) is 17.1 Å². The Morgan fingerprint density at radius 3 is 1.95 bits per heavy atom. The molecule has 0 aliphatic rings. The first kappa shape index (κ1) is 25.4. The van der Waals surface area contributed by atoms with Crippen LogP contribution < -0.4 is 0 Å². The number of hydrogen-bond acceptors (Lipinski definition) is 5. The van der Waals surface area contributed by atoms with Gasteiger partial charge in [-0.1, -0.05) is 60.7 Å². The highest BCUT2D eigenvalue weighted by atomic mass is 19.4. The molecule has 0 bridgehead atoms. The number of rotatable bonds is 5. The lowest BCUT2D eigenvalue weighted by Crippen LogP contribution is -2.21. The fourth-order valence-electron chi connectivity index (χ4n) is 3.61. The van der Waals surface area contributed by atoms with E-state index >= 15 is 0 Å². The lowest BCUT2D eigenvalue weighted by atomic mass is 10.1. The third kappa shape index (κ3) is 6.29. The summed E-state index contributed by atoms with van der Waals surface area (Å²) < 4.78 is 33.5. The third-order valence-electron chi connectivity index (χ3n) is 5.37. The molecular formula is C27H21F3N4O3. The van der Waals surface area contributed by atoms with Gasteiger partial charge in [0.15, 0.2) is 5.65 Å². The molecule has 0 unspecified atom stereocenters. The minimum Gasteiger partial charge on any atom is -0.493 e. The monoisotopic (exact) mass is 506 g/mol. The Morgan fingerprint density at radius 2 is 1.35 bits per heavy atom. The average molecular weight is 506 g/mol. The van der Waals surface area contributed by atoms with Gasteiger partial charge in [0, 0.05) is 37.0 Å². The van der Waals surface area contributed by atoms with E-state index in [0.717, 1.165) is 28.1 Å². The second-order valence-electron chi connectivity index (χ2n) is 8.01. The molecule has 5 rings (SSSR count). The zero-order valence-electron chi connectivity index (χ0n) is 19.3. The molecule has 0 saturated heterocycles. The molecule has 0 amide bonds. The number of benzene rings is 2. The SMILES string of the molecule is O=C(O)C(F)(F)F.Oc1c(Cc2ccncc2)nc2c(Cc3ccccc3)nc(-c3ccccc3)cn12. The third-order valence-corrected chi connectivity index (χ3v) is 5.37. The number of carbonyl (C=O) groups is 1. The van der Waals surface area contributed by atoms with Gasteiger partial charge in [0.1, 0.15) is 5.69 Å². The van der Waals surface area contributed by atoms with Crippen molar-refractivity contribution in [3.8, 4) is 17.1 Å². The van der Waals surface area contributed by atoms with Crippen LogP contribution in [-0.2, 0) is 17.6 Å². The zero-order valence-corrected chi connectivity index (χ0v) is 19.3. The summed E-state index contributed by atoms with van der Waals surface area (Å²) in [4.78, 5) is 22.6. The van der Waals surface area contributed by atoms with Crippen LogP contribution in [-0.4, -0.2) is 41.7 Å². The molecule has 0 aliphatic heterocycles. The standard InChI is InChI=1S/C25H20N4O.C2HF3O2/c30-25-22(16-19-11-13-26-14-12-19)28-24-21(15-18-7-3-1-4-8-18)27-23(17-29(24)25)20-9-5-2-6-10-20;3-2(4,5)1(6)7/h1-14,17,30H,15-16H2;(H,6,7). The molecule has 2 N–H and O–H groups in total. The minimum absolute atomic E-state index is 0.149. The maximum Gasteiger partial charge on any atom is 0.490 e. The van der Waals surface area contributed by atoms with E-state index in [1.165, 1.54) is 0 Å². The summed E-state index contributed by atoms with van der Waals surface area (Å²) in [6.45, 7) is 0. The number of imidazole rings is 1. The number of aromatic hydroxyl groups is 1. The molecule has 0 aliphatic carbocycles. The number of fused-ring (bicyclic) bond motifs is 1. The van der Waals surface area contributed by atoms with Gasteiger partial charge in [-0.3, -0.25) is 9.38 Å². The zero-order chi connectivity index (χ0) is 26.4. The Balaban J connectivity index is 0.000000405. The highest BCUT2D eigenvalue weighted by Gasteiger charge is 2.38. The smallest absolute Gasteiger partial charge is 0.490 e. The number of hydrogen-bond donors (Lipinski definition) is 2. The quantitative estimate of drug-likeness (QED) is 0.335. The average Bonchev–Trinajstić information content (AvgIpc) is 3.21. The maximum atomic E-state index is 11.0. The summed E-state index contributed by atoms with van der Waals surface area (Å²) in [6, 6.07) is 24.1. The fraction of sp³-hybridized carbons (Fsp3) is 0.111. The van der Waals surface area contributed by atoms with Gasteiger partial charge in [-0.15, -0.1) is 0 Å². The van der Waals surface area contributed by atoms with Crippen molar-refractivity contribution >= 4 is 11.6 Å². The van der Waals surface area contributed by atoms with E-state index in [1.807, 2.05) is 66.9 Å². The Labute approximate surface area is 209 Å². The van der Waals surface area contributed by atoms with Gasteiger partial charge in [-0.25, -0.2) is 14.8 Å². The molecule has 0 atom stereocenters. The van der Waals surface area contributed by atoms with Gasteiger partial charge in [0.2, 0.25) is 5.88 Å². The van der Waals surface area contributed by atoms with Crippen LogP contribution in [0.4, 0.5) is 13.2 Å². The van der Waals surface area contributed by atoms with Crippen LogP contribution in [0.2, 0.25) is 0 Å². The van der Waals surface area contributed by atoms with Crippen molar-refractivity contribution in [3.63, 3.8) is 0 Å². The van der Waals surface area contributed by atoms with E-state index < -0.39 is 12.1 Å². The molecule has 7 nitrogen and oxygen atoms in total. The van der Waals surface area contributed by atoms with Crippen molar-refractivity contribution in [1.29, 1.82) is 0 Å². The number of halogens is 3. The number of aliphatic carboxylic acids is 1. The molecule has 3 heterocycles. The van der Waals surface area contributed by atoms with Gasteiger partial charge in [0.05, 0.1) is 11.4 Å². The first-order chi connectivity index (χ1) is 17.7. The van der Waals surface area contributed by atoms with Gasteiger partial charge < -0.3 is 10.2 Å². The Hall–Kier alpha value is -4.73. The lowest BCUT2D eigenvalue weighted by molar-refractivity contribution is -0.192. The van der Waals surface area contributed by atoms with Gasteiger partial charge in [0.25, 0.3) is 0 Å². The van der Waals surface area contributed by atoms with Crippen LogP contribution in [0.5, 0.6) is 5.88 Å². The largest absolute Gasteiger partial charge is 0.493 e. The van der Waals surface area contributed by atoms with Crippen molar-refractivity contribution in [1.82, 2.24) is 19.4 Å². The Bertz CT molecular complexity index is 1490. The molecule has 37 heavy (non-hydrogen) atoms. The van der Waals surface area contributed by atoms with Crippen LogP contribution in [0.25, 0.3) is 16.9 Å². The van der Waals surface area contributed by atoms with Crippen molar-refractivity contribution in [2.45, 2.75) is 19.0 Å². The molecule has 3 aromatic heterocycles. The van der Waals surface area contributed by atoms with Crippen LogP contribution in [0.15, 0.2) is 91.4 Å². The summed E-state index contributed by atoms with van der Waals surface area (Å²) >= 11 is 0. The summed E-state index contributed by atoms with van der Waals surface area (Å²) in [5.41, 5.74) is 6.14. The highest BCUT2D eigenvalue weighted by Crippen LogP contribution is 2.28. The van der Waals surface area contributed by atoms with Crippen molar-refractivity contribution < 1.29 is 28.2 Å². The number of carboxylic acid groups (broad SMARTS) is 1. The van der Waals surface area contributed by atoms with Gasteiger partial charge >= 0.3 is 12.1 Å². The van der Waals surface area contributed by atoms with Crippen LogP contribution in [0.1, 0.15) is 22.5 Å². The molecule has 188 valence electrons. The van der Waals surface area contributed by atoms with E-state index in [9.17, 15) is 18.3 Å². The maximum absolute atomic E-state index is 11.0. The van der Waals surface area contributed by atoms with E-state index in [0.29, 0.717) is 24.2 Å². The number of pyridine rings is 1. The highest BCUT2D eigenvalue weighted by molar-refractivity contribution is 5.73. The predicted molar refractivity (Wildman–Crippen MR) is 130 cm³/mol. The molecule has 0 fully saturated rings.